The predicted molar refractivity (Wildman–Crippen MR) is 104 cm³/mol. The quantitative estimate of drug-likeness (QED) is 0.268. The van der Waals surface area contributed by atoms with Gasteiger partial charge in [-0.15, -0.1) is 24.0 Å². The van der Waals surface area contributed by atoms with Crippen LogP contribution in [0.15, 0.2) is 23.2 Å². The number of rotatable bonds is 9. The van der Waals surface area contributed by atoms with Crippen molar-refractivity contribution in [1.29, 1.82) is 0 Å². The second-order valence-corrected chi connectivity index (χ2v) is 4.77. The first-order valence-electron chi connectivity index (χ1n) is 7.36. The number of hydrogen-bond acceptors (Lipinski definition) is 4. The van der Waals surface area contributed by atoms with Gasteiger partial charge in [0.05, 0.1) is 26.9 Å². The van der Waals surface area contributed by atoms with Crippen LogP contribution in [0, 0.1) is 6.92 Å². The Balaban J connectivity index is 0.00000484. The standard InChI is InChI=1S/C16H27N3O3.HI/c1-13-5-6-14(15(11-13)21-4)12-19-16(17-2)18-7-8-22-10-9-20-3;/h5-6,11H,7-10,12H2,1-4H3,(H2,17,18,19);1H. The molecule has 0 fully saturated rings. The summed E-state index contributed by atoms with van der Waals surface area (Å²) in [6.07, 6.45) is 0. The van der Waals surface area contributed by atoms with Crippen LogP contribution in [0.3, 0.4) is 0 Å². The van der Waals surface area contributed by atoms with Gasteiger partial charge in [-0.3, -0.25) is 4.99 Å². The summed E-state index contributed by atoms with van der Waals surface area (Å²) >= 11 is 0. The molecule has 0 atom stereocenters. The minimum absolute atomic E-state index is 0. The fraction of sp³-hybridized carbons (Fsp3) is 0.562. The molecule has 0 radical (unpaired) electrons. The van der Waals surface area contributed by atoms with Gasteiger partial charge in [0.25, 0.3) is 0 Å². The van der Waals surface area contributed by atoms with Crippen molar-refractivity contribution in [2.75, 3.05) is 47.6 Å². The molecular weight excluding hydrogens is 409 g/mol. The average Bonchev–Trinajstić information content (AvgIpc) is 2.54. The highest BCUT2D eigenvalue weighted by Gasteiger charge is 2.04. The molecule has 0 saturated heterocycles. The van der Waals surface area contributed by atoms with Crippen LogP contribution < -0.4 is 15.4 Å². The van der Waals surface area contributed by atoms with Crippen molar-refractivity contribution in [2.45, 2.75) is 13.5 Å². The Bertz CT molecular complexity index is 470. The summed E-state index contributed by atoms with van der Waals surface area (Å²) in [5.41, 5.74) is 2.27. The molecule has 132 valence electrons. The number of nitrogens with one attached hydrogen (secondary N) is 2. The third-order valence-electron chi connectivity index (χ3n) is 3.08. The van der Waals surface area contributed by atoms with Crippen LogP contribution in [0.5, 0.6) is 5.75 Å². The van der Waals surface area contributed by atoms with Gasteiger partial charge in [0, 0.05) is 32.8 Å². The molecule has 1 aromatic carbocycles. The molecule has 0 unspecified atom stereocenters. The van der Waals surface area contributed by atoms with Gasteiger partial charge in [-0.1, -0.05) is 12.1 Å². The van der Waals surface area contributed by atoms with Gasteiger partial charge in [-0.25, -0.2) is 0 Å². The third-order valence-corrected chi connectivity index (χ3v) is 3.08. The van der Waals surface area contributed by atoms with Crippen LogP contribution >= 0.6 is 24.0 Å². The largest absolute Gasteiger partial charge is 0.496 e. The number of aliphatic imine (C=N–C) groups is 1. The lowest BCUT2D eigenvalue weighted by Crippen LogP contribution is -2.38. The Morgan fingerprint density at radius 3 is 2.57 bits per heavy atom. The maximum atomic E-state index is 5.40. The lowest BCUT2D eigenvalue weighted by Gasteiger charge is -2.14. The topological polar surface area (TPSA) is 64.1 Å². The number of ether oxygens (including phenoxy) is 3. The molecular formula is C16H28IN3O3. The van der Waals surface area contributed by atoms with E-state index in [1.54, 1.807) is 21.3 Å². The first kappa shape index (κ1) is 21.9. The Labute approximate surface area is 156 Å². The van der Waals surface area contributed by atoms with Gasteiger partial charge >= 0.3 is 0 Å². The number of aryl methyl sites for hydroxylation is 1. The predicted octanol–water partition coefficient (Wildman–Crippen LogP) is 1.95. The van der Waals surface area contributed by atoms with Crippen LogP contribution in [0.2, 0.25) is 0 Å². The molecule has 1 aromatic rings. The van der Waals surface area contributed by atoms with Gasteiger partial charge < -0.3 is 24.8 Å². The number of methoxy groups -OCH3 is 2. The first-order chi connectivity index (χ1) is 10.7. The van der Waals surface area contributed by atoms with Crippen LogP contribution in [0.1, 0.15) is 11.1 Å². The van der Waals surface area contributed by atoms with Gasteiger partial charge in [-0.05, 0) is 18.6 Å². The van der Waals surface area contributed by atoms with Crippen LogP contribution in [0.25, 0.3) is 0 Å². The minimum Gasteiger partial charge on any atom is -0.496 e. The summed E-state index contributed by atoms with van der Waals surface area (Å²) < 4.78 is 15.7. The van der Waals surface area contributed by atoms with E-state index in [1.165, 1.54) is 5.56 Å². The summed E-state index contributed by atoms with van der Waals surface area (Å²) in [5, 5.41) is 6.46. The van der Waals surface area contributed by atoms with Crippen molar-refractivity contribution in [3.8, 4) is 5.75 Å². The van der Waals surface area contributed by atoms with Gasteiger partial charge in [0.1, 0.15) is 5.75 Å². The molecule has 7 heteroatoms. The lowest BCUT2D eigenvalue weighted by molar-refractivity contribution is 0.0733. The molecule has 0 bridgehead atoms. The fourth-order valence-corrected chi connectivity index (χ4v) is 1.88. The Morgan fingerprint density at radius 2 is 1.91 bits per heavy atom. The second kappa shape index (κ2) is 13.4. The Morgan fingerprint density at radius 1 is 1.13 bits per heavy atom. The Kier molecular flexibility index (Phi) is 12.8. The van der Waals surface area contributed by atoms with E-state index in [4.69, 9.17) is 14.2 Å². The third kappa shape index (κ3) is 8.97. The first-order valence-corrected chi connectivity index (χ1v) is 7.36. The highest BCUT2D eigenvalue weighted by atomic mass is 127. The minimum atomic E-state index is 0. The highest BCUT2D eigenvalue weighted by Crippen LogP contribution is 2.19. The van der Waals surface area contributed by atoms with E-state index in [1.807, 2.05) is 13.0 Å². The summed E-state index contributed by atoms with van der Waals surface area (Å²) in [7, 11) is 5.09. The van der Waals surface area contributed by atoms with Crippen molar-refractivity contribution in [2.24, 2.45) is 4.99 Å². The molecule has 2 N–H and O–H groups in total. The van der Waals surface area contributed by atoms with Crippen molar-refractivity contribution in [3.63, 3.8) is 0 Å². The number of halogens is 1. The molecule has 0 spiro atoms. The summed E-state index contributed by atoms with van der Waals surface area (Å²) in [4.78, 5) is 4.18. The van der Waals surface area contributed by atoms with Crippen LogP contribution in [-0.2, 0) is 16.0 Å². The molecule has 0 saturated carbocycles. The lowest BCUT2D eigenvalue weighted by atomic mass is 10.1. The van der Waals surface area contributed by atoms with E-state index in [2.05, 4.69) is 27.8 Å². The van der Waals surface area contributed by atoms with E-state index in [-0.39, 0.29) is 24.0 Å². The SMILES string of the molecule is CN=C(NCCOCCOC)NCc1ccc(C)cc1OC.I. The van der Waals surface area contributed by atoms with E-state index in [0.29, 0.717) is 32.9 Å². The van der Waals surface area contributed by atoms with Crippen LogP contribution in [0.4, 0.5) is 0 Å². The normalized spacial score (nSPS) is 10.9. The van der Waals surface area contributed by atoms with Crippen LogP contribution in [-0.4, -0.2) is 53.6 Å². The molecule has 6 nitrogen and oxygen atoms in total. The summed E-state index contributed by atoms with van der Waals surface area (Å²) in [5.74, 6) is 1.61. The van der Waals surface area contributed by atoms with Crippen molar-refractivity contribution in [3.05, 3.63) is 29.3 Å². The van der Waals surface area contributed by atoms with E-state index >= 15 is 0 Å². The van der Waals surface area contributed by atoms with Gasteiger partial charge in [0.15, 0.2) is 5.96 Å². The number of nitrogens with zero attached hydrogens (tertiary/aromatic N) is 1. The highest BCUT2D eigenvalue weighted by molar-refractivity contribution is 14.0. The fourth-order valence-electron chi connectivity index (χ4n) is 1.88. The monoisotopic (exact) mass is 437 g/mol. The summed E-state index contributed by atoms with van der Waals surface area (Å²) in [6.45, 7) is 5.20. The van der Waals surface area contributed by atoms with E-state index in [9.17, 15) is 0 Å². The average molecular weight is 437 g/mol. The van der Waals surface area contributed by atoms with Crippen molar-refractivity contribution >= 4 is 29.9 Å². The molecule has 0 aliphatic heterocycles. The molecule has 0 heterocycles. The van der Waals surface area contributed by atoms with Gasteiger partial charge in [0.2, 0.25) is 0 Å². The molecule has 0 aliphatic carbocycles. The van der Waals surface area contributed by atoms with Crippen molar-refractivity contribution < 1.29 is 14.2 Å². The Hall–Kier alpha value is -1.06. The number of guanidine groups is 1. The number of benzene rings is 1. The summed E-state index contributed by atoms with van der Waals surface area (Å²) in [6, 6.07) is 6.15. The number of hydrogen-bond donors (Lipinski definition) is 2. The smallest absolute Gasteiger partial charge is 0.191 e. The molecule has 0 aromatic heterocycles. The molecule has 23 heavy (non-hydrogen) atoms. The molecule has 1 rings (SSSR count). The van der Waals surface area contributed by atoms with Gasteiger partial charge in [-0.2, -0.15) is 0 Å². The maximum Gasteiger partial charge on any atom is 0.191 e. The molecule has 0 aliphatic rings. The zero-order chi connectivity index (χ0) is 16.2. The molecule has 0 amide bonds. The van der Waals surface area contributed by atoms with E-state index in [0.717, 1.165) is 17.3 Å². The second-order valence-electron chi connectivity index (χ2n) is 4.77. The van der Waals surface area contributed by atoms with E-state index < -0.39 is 0 Å². The zero-order valence-electron chi connectivity index (χ0n) is 14.3. The maximum absolute atomic E-state index is 5.40. The van der Waals surface area contributed by atoms with Crippen molar-refractivity contribution in [1.82, 2.24) is 10.6 Å². The zero-order valence-corrected chi connectivity index (χ0v) is 16.7.